The third-order valence-electron chi connectivity index (χ3n) is 2.23. The molecule has 1 N–H and O–H groups in total. The first kappa shape index (κ1) is 11.9. The van der Waals surface area contributed by atoms with Gasteiger partial charge >= 0.3 is 0 Å². The van der Waals surface area contributed by atoms with Gasteiger partial charge in [-0.25, -0.2) is 9.11 Å². The molecule has 0 saturated carbocycles. The number of nitrogens with one attached hydrogen (secondary N) is 1. The summed E-state index contributed by atoms with van der Waals surface area (Å²) >= 11 is 0. The molecule has 1 heterocycles. The zero-order valence-electron chi connectivity index (χ0n) is 8.37. The Bertz CT molecular complexity index is 261. The van der Waals surface area contributed by atoms with Gasteiger partial charge in [0.15, 0.2) is 0 Å². The average molecular weight is 224 g/mol. The predicted octanol–water partition coefficient (Wildman–Crippen LogP) is 0.665. The van der Waals surface area contributed by atoms with E-state index >= 15 is 0 Å². The highest BCUT2D eigenvalue weighted by Gasteiger charge is 2.24. The van der Waals surface area contributed by atoms with E-state index in [4.69, 9.17) is 0 Å². The maximum atomic E-state index is 12.4. The van der Waals surface area contributed by atoms with Gasteiger partial charge in [-0.15, -0.1) is 0 Å². The minimum absolute atomic E-state index is 0.177. The van der Waals surface area contributed by atoms with Gasteiger partial charge in [0.05, 0.1) is 6.17 Å². The lowest BCUT2D eigenvalue weighted by Gasteiger charge is -2.15. The quantitative estimate of drug-likeness (QED) is 0.746. The number of rotatable bonds is 5. The molecule has 14 heavy (non-hydrogen) atoms. The van der Waals surface area contributed by atoms with Gasteiger partial charge in [-0.05, 0) is 26.2 Å². The van der Waals surface area contributed by atoms with Gasteiger partial charge in [0, 0.05) is 19.6 Å². The van der Waals surface area contributed by atoms with Crippen LogP contribution in [0.2, 0.25) is 0 Å². The fraction of sp³-hybridized carbons (Fsp3) is 1.00. The summed E-state index contributed by atoms with van der Waals surface area (Å²) in [7, 11) is -3.34. The molecule has 1 rings (SSSR count). The van der Waals surface area contributed by atoms with E-state index in [0.29, 0.717) is 13.1 Å². The van der Waals surface area contributed by atoms with Gasteiger partial charge in [-0.2, -0.15) is 12.7 Å². The molecule has 1 aliphatic heterocycles. The zero-order valence-corrected chi connectivity index (χ0v) is 9.19. The van der Waals surface area contributed by atoms with Gasteiger partial charge in [0.25, 0.3) is 10.2 Å². The molecule has 1 saturated heterocycles. The van der Waals surface area contributed by atoms with Crippen LogP contribution in [0, 0.1) is 0 Å². The molecule has 0 aromatic carbocycles. The van der Waals surface area contributed by atoms with E-state index in [2.05, 4.69) is 4.72 Å². The second-order valence-electron chi connectivity index (χ2n) is 3.57. The Morgan fingerprint density at radius 1 is 1.43 bits per heavy atom. The summed E-state index contributed by atoms with van der Waals surface area (Å²) in [5, 5.41) is 0. The lowest BCUT2D eigenvalue weighted by molar-refractivity contribution is 0.340. The van der Waals surface area contributed by atoms with Crippen LogP contribution in [0.3, 0.4) is 0 Å². The van der Waals surface area contributed by atoms with Gasteiger partial charge in [-0.1, -0.05) is 0 Å². The van der Waals surface area contributed by atoms with Crippen LogP contribution in [0.15, 0.2) is 0 Å². The Balaban J connectivity index is 2.34. The Labute approximate surface area is 84.7 Å². The molecule has 1 atom stereocenters. The van der Waals surface area contributed by atoms with E-state index in [-0.39, 0.29) is 13.0 Å². The number of hydrogen-bond acceptors (Lipinski definition) is 2. The molecule has 6 heteroatoms. The topological polar surface area (TPSA) is 49.4 Å². The van der Waals surface area contributed by atoms with Crippen molar-refractivity contribution < 1.29 is 12.8 Å². The second-order valence-corrected chi connectivity index (χ2v) is 5.33. The maximum Gasteiger partial charge on any atom is 0.279 e. The van der Waals surface area contributed by atoms with Crippen LogP contribution in [-0.4, -0.2) is 38.5 Å². The SMILES string of the molecule is C[C@H](F)CCNS(=O)(=O)N1CCCC1. The largest absolute Gasteiger partial charge is 0.279 e. The molecular weight excluding hydrogens is 207 g/mol. The first-order valence-corrected chi connectivity index (χ1v) is 6.35. The molecule has 1 aliphatic rings. The van der Waals surface area contributed by atoms with Crippen LogP contribution in [-0.2, 0) is 10.2 Å². The fourth-order valence-corrected chi connectivity index (χ4v) is 2.70. The fourth-order valence-electron chi connectivity index (χ4n) is 1.41. The lowest BCUT2D eigenvalue weighted by atomic mass is 10.3. The third-order valence-corrected chi connectivity index (χ3v) is 3.85. The van der Waals surface area contributed by atoms with Crippen molar-refractivity contribution in [1.29, 1.82) is 0 Å². The summed E-state index contributed by atoms with van der Waals surface area (Å²) < 4.78 is 39.2. The van der Waals surface area contributed by atoms with E-state index in [1.165, 1.54) is 11.2 Å². The monoisotopic (exact) mass is 224 g/mol. The Hall–Kier alpha value is -0.200. The molecule has 1 fully saturated rings. The molecule has 0 bridgehead atoms. The normalized spacial score (nSPS) is 21.3. The van der Waals surface area contributed by atoms with Gasteiger partial charge < -0.3 is 0 Å². The van der Waals surface area contributed by atoms with E-state index < -0.39 is 16.4 Å². The highest BCUT2D eigenvalue weighted by molar-refractivity contribution is 7.87. The molecule has 0 amide bonds. The van der Waals surface area contributed by atoms with Crippen molar-refractivity contribution in [1.82, 2.24) is 9.03 Å². The molecule has 0 aliphatic carbocycles. The van der Waals surface area contributed by atoms with Crippen LogP contribution in [0.1, 0.15) is 26.2 Å². The third kappa shape index (κ3) is 3.51. The van der Waals surface area contributed by atoms with E-state index in [1.807, 2.05) is 0 Å². The van der Waals surface area contributed by atoms with Crippen molar-refractivity contribution in [2.75, 3.05) is 19.6 Å². The van der Waals surface area contributed by atoms with Gasteiger partial charge in [0.1, 0.15) is 0 Å². The summed E-state index contributed by atoms with van der Waals surface area (Å²) in [6, 6.07) is 0. The Kier molecular flexibility index (Phi) is 4.28. The average Bonchev–Trinajstić information content (AvgIpc) is 2.54. The molecule has 84 valence electrons. The summed E-state index contributed by atoms with van der Waals surface area (Å²) in [6.45, 7) is 2.77. The van der Waals surface area contributed by atoms with Crippen molar-refractivity contribution in [3.05, 3.63) is 0 Å². The summed E-state index contributed by atoms with van der Waals surface area (Å²) in [4.78, 5) is 0. The standard InChI is InChI=1S/C8H17FN2O2S/c1-8(9)4-5-10-14(12,13)11-6-2-3-7-11/h8,10H,2-7H2,1H3/t8-/m0/s1. The molecular formula is C8H17FN2O2S. The Morgan fingerprint density at radius 3 is 2.50 bits per heavy atom. The molecule has 0 aromatic heterocycles. The minimum atomic E-state index is -3.34. The molecule has 4 nitrogen and oxygen atoms in total. The van der Waals surface area contributed by atoms with Crippen LogP contribution in [0.25, 0.3) is 0 Å². The molecule has 0 spiro atoms. The first-order chi connectivity index (χ1) is 6.52. The highest BCUT2D eigenvalue weighted by atomic mass is 32.2. The second kappa shape index (κ2) is 5.04. The van der Waals surface area contributed by atoms with Crippen molar-refractivity contribution in [3.8, 4) is 0 Å². The number of halogens is 1. The highest BCUT2D eigenvalue weighted by Crippen LogP contribution is 2.11. The molecule has 0 radical (unpaired) electrons. The predicted molar refractivity (Wildman–Crippen MR) is 52.9 cm³/mol. The van der Waals surface area contributed by atoms with Crippen molar-refractivity contribution in [2.45, 2.75) is 32.4 Å². The summed E-state index contributed by atoms with van der Waals surface area (Å²) in [5.41, 5.74) is 0. The smallest absolute Gasteiger partial charge is 0.248 e. The molecule has 0 aromatic rings. The first-order valence-electron chi connectivity index (χ1n) is 4.91. The van der Waals surface area contributed by atoms with Crippen molar-refractivity contribution in [3.63, 3.8) is 0 Å². The summed E-state index contributed by atoms with van der Waals surface area (Å²) in [5.74, 6) is 0. The van der Waals surface area contributed by atoms with Gasteiger partial charge in [-0.3, -0.25) is 0 Å². The number of nitrogens with zero attached hydrogens (tertiary/aromatic N) is 1. The van der Waals surface area contributed by atoms with Crippen molar-refractivity contribution >= 4 is 10.2 Å². The zero-order chi connectivity index (χ0) is 10.6. The minimum Gasteiger partial charge on any atom is -0.248 e. The number of hydrogen-bond donors (Lipinski definition) is 1. The Morgan fingerprint density at radius 2 is 2.00 bits per heavy atom. The lowest BCUT2D eigenvalue weighted by Crippen LogP contribution is -2.39. The maximum absolute atomic E-state index is 12.4. The van der Waals surface area contributed by atoms with Crippen LogP contribution < -0.4 is 4.72 Å². The van der Waals surface area contributed by atoms with Crippen LogP contribution >= 0.6 is 0 Å². The van der Waals surface area contributed by atoms with E-state index in [1.54, 1.807) is 0 Å². The van der Waals surface area contributed by atoms with Gasteiger partial charge in [0.2, 0.25) is 0 Å². The van der Waals surface area contributed by atoms with E-state index in [9.17, 15) is 12.8 Å². The summed E-state index contributed by atoms with van der Waals surface area (Å²) in [6.07, 6.45) is 1.10. The number of alkyl halides is 1. The van der Waals surface area contributed by atoms with Crippen LogP contribution in [0.5, 0.6) is 0 Å². The van der Waals surface area contributed by atoms with Crippen LogP contribution in [0.4, 0.5) is 4.39 Å². The molecule has 0 unspecified atom stereocenters. The van der Waals surface area contributed by atoms with E-state index in [0.717, 1.165) is 12.8 Å². The van der Waals surface area contributed by atoms with Crippen molar-refractivity contribution in [2.24, 2.45) is 0 Å².